The van der Waals surface area contributed by atoms with Crippen LogP contribution in [0.15, 0.2) is 42.7 Å². The Kier molecular flexibility index (Phi) is 6.24. The van der Waals surface area contributed by atoms with Crippen LogP contribution in [0.3, 0.4) is 0 Å². The fourth-order valence-corrected chi connectivity index (χ4v) is 3.55. The molecule has 1 aromatic heterocycles. The minimum absolute atomic E-state index is 0.230. The van der Waals surface area contributed by atoms with Gasteiger partial charge in [0, 0.05) is 56.0 Å². The Morgan fingerprint density at radius 3 is 2.72 bits per heavy atom. The molecule has 1 aromatic carbocycles. The number of rotatable bonds is 7. The summed E-state index contributed by atoms with van der Waals surface area (Å²) in [7, 11) is 0. The van der Waals surface area contributed by atoms with Crippen LogP contribution in [0.1, 0.15) is 37.4 Å². The minimum Gasteiger partial charge on any atom is -0.396 e. The second-order valence-corrected chi connectivity index (χ2v) is 7.36. The van der Waals surface area contributed by atoms with Gasteiger partial charge in [-0.05, 0) is 32.4 Å². The highest BCUT2D eigenvalue weighted by atomic mass is 16.3. The van der Waals surface area contributed by atoms with Gasteiger partial charge in [-0.15, -0.1) is 0 Å². The van der Waals surface area contributed by atoms with Crippen molar-refractivity contribution in [3.63, 3.8) is 0 Å². The van der Waals surface area contributed by atoms with Crippen molar-refractivity contribution in [2.45, 2.75) is 45.4 Å². The Labute approximate surface area is 150 Å². The molecule has 2 heterocycles. The van der Waals surface area contributed by atoms with Crippen LogP contribution in [0, 0.1) is 5.92 Å². The molecule has 0 amide bonds. The molecule has 1 saturated heterocycles. The van der Waals surface area contributed by atoms with Crippen LogP contribution in [-0.4, -0.2) is 45.5 Å². The van der Waals surface area contributed by atoms with Crippen LogP contribution >= 0.6 is 0 Å². The van der Waals surface area contributed by atoms with Gasteiger partial charge in [0.2, 0.25) is 0 Å². The first kappa shape index (κ1) is 18.1. The van der Waals surface area contributed by atoms with E-state index in [2.05, 4.69) is 65.7 Å². The van der Waals surface area contributed by atoms with Crippen LogP contribution in [0.2, 0.25) is 0 Å². The Morgan fingerprint density at radius 1 is 1.24 bits per heavy atom. The average molecular weight is 342 g/mol. The van der Waals surface area contributed by atoms with Crippen molar-refractivity contribution in [1.82, 2.24) is 20.0 Å². The maximum Gasteiger partial charge on any atom is 0.0534 e. The van der Waals surface area contributed by atoms with Gasteiger partial charge in [-0.25, -0.2) is 0 Å². The molecule has 0 saturated carbocycles. The largest absolute Gasteiger partial charge is 0.396 e. The molecule has 1 aliphatic heterocycles. The summed E-state index contributed by atoms with van der Waals surface area (Å²) in [4.78, 5) is 2.45. The quantitative estimate of drug-likeness (QED) is 0.811. The van der Waals surface area contributed by atoms with Crippen LogP contribution in [0.4, 0.5) is 0 Å². The topological polar surface area (TPSA) is 53.3 Å². The molecule has 2 atom stereocenters. The van der Waals surface area contributed by atoms with E-state index in [4.69, 9.17) is 0 Å². The molecule has 1 aliphatic rings. The number of hydrogen-bond donors (Lipinski definition) is 2. The van der Waals surface area contributed by atoms with E-state index >= 15 is 0 Å². The zero-order valence-electron chi connectivity index (χ0n) is 15.3. The highest BCUT2D eigenvalue weighted by Crippen LogP contribution is 2.19. The minimum atomic E-state index is 0.230. The number of aliphatic hydroxyl groups is 1. The van der Waals surface area contributed by atoms with Crippen molar-refractivity contribution in [3.8, 4) is 0 Å². The molecule has 0 unspecified atom stereocenters. The lowest BCUT2D eigenvalue weighted by Crippen LogP contribution is -2.50. The SMILES string of the molecule is CC(C)n1cc(CN[C@H]2CCN(Cc3ccccc3)C[C@@H]2CO)cn1. The Bertz CT molecular complexity index is 640. The number of hydrogen-bond acceptors (Lipinski definition) is 4. The normalized spacial score (nSPS) is 21.8. The number of aliphatic hydroxyl groups excluding tert-OH is 1. The average Bonchev–Trinajstić information content (AvgIpc) is 3.11. The molecule has 5 heteroatoms. The summed E-state index contributed by atoms with van der Waals surface area (Å²) in [6, 6.07) is 11.3. The highest BCUT2D eigenvalue weighted by molar-refractivity contribution is 5.14. The molecule has 0 aliphatic carbocycles. The fraction of sp³-hybridized carbons (Fsp3) is 0.550. The van der Waals surface area contributed by atoms with Gasteiger partial charge in [0.05, 0.1) is 6.20 Å². The molecule has 136 valence electrons. The summed E-state index contributed by atoms with van der Waals surface area (Å²) in [5.41, 5.74) is 2.55. The van der Waals surface area contributed by atoms with Crippen molar-refractivity contribution in [2.24, 2.45) is 5.92 Å². The zero-order valence-corrected chi connectivity index (χ0v) is 15.3. The molecule has 0 spiro atoms. The van der Waals surface area contributed by atoms with Crippen molar-refractivity contribution in [3.05, 3.63) is 53.9 Å². The van der Waals surface area contributed by atoms with Gasteiger partial charge in [0.15, 0.2) is 0 Å². The van der Waals surface area contributed by atoms with Crippen molar-refractivity contribution < 1.29 is 5.11 Å². The third kappa shape index (κ3) is 4.91. The first-order chi connectivity index (χ1) is 12.2. The molecular weight excluding hydrogens is 312 g/mol. The van der Waals surface area contributed by atoms with Gasteiger partial charge in [-0.3, -0.25) is 9.58 Å². The standard InChI is InChI=1S/C20H30N4O/c1-16(2)24-13-18(11-22-24)10-21-20-8-9-23(14-19(20)15-25)12-17-6-4-3-5-7-17/h3-7,11,13,16,19-21,25H,8-10,12,14-15H2,1-2H3/t19-,20+/m1/s1. The number of piperidine rings is 1. The maximum atomic E-state index is 9.84. The Balaban J connectivity index is 1.51. The lowest BCUT2D eigenvalue weighted by Gasteiger charge is -2.38. The van der Waals surface area contributed by atoms with Crippen LogP contribution in [-0.2, 0) is 13.1 Å². The van der Waals surface area contributed by atoms with Gasteiger partial charge in [-0.2, -0.15) is 5.10 Å². The lowest BCUT2D eigenvalue weighted by atomic mass is 9.92. The van der Waals surface area contributed by atoms with Gasteiger partial charge < -0.3 is 10.4 Å². The number of aromatic nitrogens is 2. The van der Waals surface area contributed by atoms with Crippen LogP contribution < -0.4 is 5.32 Å². The summed E-state index contributed by atoms with van der Waals surface area (Å²) in [5, 5.41) is 17.9. The van der Waals surface area contributed by atoms with Crippen LogP contribution in [0.25, 0.3) is 0 Å². The van der Waals surface area contributed by atoms with E-state index in [1.165, 1.54) is 11.1 Å². The summed E-state index contributed by atoms with van der Waals surface area (Å²) in [5.74, 6) is 0.276. The first-order valence-corrected chi connectivity index (χ1v) is 9.29. The zero-order chi connectivity index (χ0) is 17.6. The van der Waals surface area contributed by atoms with Gasteiger partial charge in [0.1, 0.15) is 0 Å². The number of likely N-dealkylation sites (tertiary alicyclic amines) is 1. The van der Waals surface area contributed by atoms with Gasteiger partial charge >= 0.3 is 0 Å². The number of nitrogens with zero attached hydrogens (tertiary/aromatic N) is 3. The monoisotopic (exact) mass is 342 g/mol. The number of nitrogens with one attached hydrogen (secondary N) is 1. The molecule has 2 N–H and O–H groups in total. The molecule has 0 bridgehead atoms. The Morgan fingerprint density at radius 2 is 2.04 bits per heavy atom. The maximum absolute atomic E-state index is 9.84. The van der Waals surface area contributed by atoms with Crippen molar-refractivity contribution in [2.75, 3.05) is 19.7 Å². The van der Waals surface area contributed by atoms with E-state index in [0.29, 0.717) is 12.1 Å². The van der Waals surface area contributed by atoms with E-state index in [-0.39, 0.29) is 12.5 Å². The predicted molar refractivity (Wildman–Crippen MR) is 100 cm³/mol. The summed E-state index contributed by atoms with van der Waals surface area (Å²) in [6.45, 7) is 8.28. The first-order valence-electron chi connectivity index (χ1n) is 9.29. The molecule has 5 nitrogen and oxygen atoms in total. The number of benzene rings is 1. The summed E-state index contributed by atoms with van der Waals surface area (Å²) < 4.78 is 1.99. The molecule has 2 aromatic rings. The summed E-state index contributed by atoms with van der Waals surface area (Å²) in [6.07, 6.45) is 5.11. The van der Waals surface area contributed by atoms with E-state index in [1.807, 2.05) is 10.9 Å². The molecular formula is C20H30N4O. The molecule has 0 radical (unpaired) electrons. The fourth-order valence-electron chi connectivity index (χ4n) is 3.55. The van der Waals surface area contributed by atoms with Gasteiger partial charge in [-0.1, -0.05) is 30.3 Å². The second-order valence-electron chi connectivity index (χ2n) is 7.36. The van der Waals surface area contributed by atoms with Crippen molar-refractivity contribution >= 4 is 0 Å². The Hall–Kier alpha value is -1.69. The smallest absolute Gasteiger partial charge is 0.0534 e. The van der Waals surface area contributed by atoms with E-state index in [9.17, 15) is 5.11 Å². The predicted octanol–water partition coefficient (Wildman–Crippen LogP) is 2.44. The third-order valence-corrected chi connectivity index (χ3v) is 5.05. The third-order valence-electron chi connectivity index (χ3n) is 5.05. The molecule has 1 fully saturated rings. The van der Waals surface area contributed by atoms with Crippen molar-refractivity contribution in [1.29, 1.82) is 0 Å². The molecule has 25 heavy (non-hydrogen) atoms. The van der Waals surface area contributed by atoms with E-state index in [0.717, 1.165) is 32.6 Å². The van der Waals surface area contributed by atoms with E-state index in [1.54, 1.807) is 0 Å². The second kappa shape index (κ2) is 8.61. The van der Waals surface area contributed by atoms with Gasteiger partial charge in [0.25, 0.3) is 0 Å². The summed E-state index contributed by atoms with van der Waals surface area (Å²) >= 11 is 0. The van der Waals surface area contributed by atoms with E-state index < -0.39 is 0 Å². The highest BCUT2D eigenvalue weighted by Gasteiger charge is 2.28. The molecule has 3 rings (SSSR count). The lowest BCUT2D eigenvalue weighted by molar-refractivity contribution is 0.0849. The van der Waals surface area contributed by atoms with Crippen LogP contribution in [0.5, 0.6) is 0 Å².